The highest BCUT2D eigenvalue weighted by Gasteiger charge is 2.15. The molecule has 3 rings (SSSR count). The highest BCUT2D eigenvalue weighted by atomic mass is 35.5. The number of halogens is 2. The van der Waals surface area contributed by atoms with Gasteiger partial charge >= 0.3 is 0 Å². The van der Waals surface area contributed by atoms with Gasteiger partial charge in [-0.05, 0) is 54.8 Å². The molecule has 1 N–H and O–H groups in total. The largest absolute Gasteiger partial charge is 0.312 e. The molecule has 0 saturated heterocycles. The van der Waals surface area contributed by atoms with Gasteiger partial charge in [0.25, 0.3) is 0 Å². The maximum Gasteiger partial charge on any atom is 0.123 e. The molecule has 0 spiro atoms. The van der Waals surface area contributed by atoms with Crippen molar-refractivity contribution in [2.75, 3.05) is 7.05 Å². The lowest BCUT2D eigenvalue weighted by Gasteiger charge is -2.15. The maximum atomic E-state index is 13.4. The van der Waals surface area contributed by atoms with Crippen molar-refractivity contribution in [3.05, 3.63) is 69.8 Å². The van der Waals surface area contributed by atoms with Crippen LogP contribution in [0.25, 0.3) is 10.1 Å². The Kier molecular flexibility index (Phi) is 4.24. The third-order valence-corrected chi connectivity index (χ3v) is 5.17. The van der Waals surface area contributed by atoms with Crippen molar-refractivity contribution < 1.29 is 4.39 Å². The lowest BCUT2D eigenvalue weighted by molar-refractivity contribution is 0.592. The quantitative estimate of drug-likeness (QED) is 0.697. The number of thiophene rings is 1. The normalized spacial score (nSPS) is 12.7. The van der Waals surface area contributed by atoms with Crippen LogP contribution in [0.1, 0.15) is 16.5 Å². The van der Waals surface area contributed by atoms with E-state index in [0.717, 1.165) is 5.56 Å². The molecule has 3 aromatic rings. The molecular formula is C17H15ClFNS. The van der Waals surface area contributed by atoms with Gasteiger partial charge in [0.05, 0.1) is 0 Å². The van der Waals surface area contributed by atoms with Crippen molar-refractivity contribution in [3.63, 3.8) is 0 Å². The molecule has 0 amide bonds. The van der Waals surface area contributed by atoms with Crippen LogP contribution in [0.5, 0.6) is 0 Å². The molecule has 0 bridgehead atoms. The summed E-state index contributed by atoms with van der Waals surface area (Å²) in [5, 5.41) is 5.15. The van der Waals surface area contributed by atoms with Crippen molar-refractivity contribution >= 4 is 33.0 Å². The van der Waals surface area contributed by atoms with Gasteiger partial charge in [-0.3, -0.25) is 0 Å². The summed E-state index contributed by atoms with van der Waals surface area (Å²) in [5.74, 6) is -0.249. The lowest BCUT2D eigenvalue weighted by Crippen LogP contribution is -2.17. The minimum atomic E-state index is -0.249. The van der Waals surface area contributed by atoms with E-state index in [1.807, 2.05) is 19.2 Å². The van der Waals surface area contributed by atoms with E-state index in [2.05, 4.69) is 23.5 Å². The van der Waals surface area contributed by atoms with Crippen LogP contribution in [0.3, 0.4) is 0 Å². The monoisotopic (exact) mass is 319 g/mol. The topological polar surface area (TPSA) is 12.0 Å². The van der Waals surface area contributed by atoms with Crippen LogP contribution in [-0.2, 0) is 6.42 Å². The number of hydrogen-bond acceptors (Lipinski definition) is 2. The first kappa shape index (κ1) is 14.5. The smallest absolute Gasteiger partial charge is 0.123 e. The van der Waals surface area contributed by atoms with E-state index >= 15 is 0 Å². The number of rotatable bonds is 4. The number of likely N-dealkylation sites (N-methyl/N-ethyl adjacent to an activating group) is 1. The van der Waals surface area contributed by atoms with Crippen LogP contribution in [-0.4, -0.2) is 7.05 Å². The average molecular weight is 320 g/mol. The molecule has 1 unspecified atom stereocenters. The van der Waals surface area contributed by atoms with Crippen molar-refractivity contribution in [1.82, 2.24) is 5.32 Å². The molecule has 0 fully saturated rings. The number of benzene rings is 2. The minimum Gasteiger partial charge on any atom is -0.312 e. The van der Waals surface area contributed by atoms with Gasteiger partial charge in [0.1, 0.15) is 5.82 Å². The van der Waals surface area contributed by atoms with E-state index < -0.39 is 0 Å². The van der Waals surface area contributed by atoms with Crippen LogP contribution >= 0.6 is 22.9 Å². The molecule has 108 valence electrons. The summed E-state index contributed by atoms with van der Waals surface area (Å²) in [7, 11) is 1.92. The van der Waals surface area contributed by atoms with Gasteiger partial charge in [0, 0.05) is 20.6 Å². The average Bonchev–Trinajstić information content (AvgIpc) is 2.91. The Hall–Kier alpha value is -1.42. The van der Waals surface area contributed by atoms with Gasteiger partial charge < -0.3 is 5.32 Å². The number of hydrogen-bond donors (Lipinski definition) is 1. The van der Waals surface area contributed by atoms with Crippen LogP contribution in [0.15, 0.2) is 48.5 Å². The Labute approximate surface area is 132 Å². The lowest BCUT2D eigenvalue weighted by atomic mass is 10.0. The Morgan fingerprint density at radius 3 is 2.76 bits per heavy atom. The summed E-state index contributed by atoms with van der Waals surface area (Å²) in [6.07, 6.45) is 0.667. The third-order valence-electron chi connectivity index (χ3n) is 3.57. The van der Waals surface area contributed by atoms with Gasteiger partial charge in [-0.2, -0.15) is 0 Å². The Morgan fingerprint density at radius 2 is 2.00 bits per heavy atom. The van der Waals surface area contributed by atoms with E-state index in [1.165, 1.54) is 27.1 Å². The van der Waals surface area contributed by atoms with E-state index in [4.69, 9.17) is 11.6 Å². The summed E-state index contributed by atoms with van der Waals surface area (Å²) >= 11 is 7.93. The predicted molar refractivity (Wildman–Crippen MR) is 88.7 cm³/mol. The molecule has 0 aliphatic carbocycles. The van der Waals surface area contributed by atoms with E-state index in [0.29, 0.717) is 11.4 Å². The second-order valence-electron chi connectivity index (χ2n) is 4.97. The Balaban J connectivity index is 1.92. The fourth-order valence-corrected chi connectivity index (χ4v) is 3.81. The van der Waals surface area contributed by atoms with Crippen LogP contribution in [0, 0.1) is 5.82 Å². The van der Waals surface area contributed by atoms with Crippen LogP contribution < -0.4 is 5.32 Å². The molecule has 1 aromatic heterocycles. The molecule has 1 heterocycles. The van der Waals surface area contributed by atoms with Gasteiger partial charge in [0.15, 0.2) is 0 Å². The summed E-state index contributed by atoms with van der Waals surface area (Å²) in [6, 6.07) is 15.1. The Morgan fingerprint density at radius 1 is 1.19 bits per heavy atom. The Bertz CT molecular complexity index is 735. The van der Waals surface area contributed by atoms with Crippen LogP contribution in [0.2, 0.25) is 5.02 Å². The fourth-order valence-electron chi connectivity index (χ4n) is 2.44. The van der Waals surface area contributed by atoms with E-state index in [9.17, 15) is 4.39 Å². The second kappa shape index (κ2) is 6.14. The first-order valence-corrected chi connectivity index (χ1v) is 7.96. The van der Waals surface area contributed by atoms with Crippen LogP contribution in [0.4, 0.5) is 4.39 Å². The van der Waals surface area contributed by atoms with Gasteiger partial charge in [0.2, 0.25) is 0 Å². The molecule has 0 saturated carbocycles. The summed E-state index contributed by atoms with van der Waals surface area (Å²) < 4.78 is 14.7. The van der Waals surface area contributed by atoms with Gasteiger partial charge in [-0.25, -0.2) is 4.39 Å². The summed E-state index contributed by atoms with van der Waals surface area (Å²) in [5.41, 5.74) is 0.827. The summed E-state index contributed by atoms with van der Waals surface area (Å²) in [6.45, 7) is 0. The fraction of sp³-hybridized carbons (Fsp3) is 0.176. The summed E-state index contributed by atoms with van der Waals surface area (Å²) in [4.78, 5) is 1.24. The highest BCUT2D eigenvalue weighted by Crippen LogP contribution is 2.32. The molecule has 4 heteroatoms. The van der Waals surface area contributed by atoms with Crippen molar-refractivity contribution in [2.24, 2.45) is 0 Å². The predicted octanol–water partition coefficient (Wildman–Crippen LogP) is 5.20. The maximum absolute atomic E-state index is 13.4. The zero-order chi connectivity index (χ0) is 14.8. The zero-order valence-corrected chi connectivity index (χ0v) is 13.1. The number of fused-ring (bicyclic) bond motifs is 1. The zero-order valence-electron chi connectivity index (χ0n) is 11.6. The second-order valence-corrected chi connectivity index (χ2v) is 6.49. The van der Waals surface area contributed by atoms with Gasteiger partial charge in [-0.15, -0.1) is 11.3 Å². The standard InChI is InChI=1S/C17H15ClFNS/c1-20-15(9-12-8-13(19)6-7-14(12)18)17-10-11-4-2-3-5-16(11)21-17/h2-8,10,15,20H,9H2,1H3. The highest BCUT2D eigenvalue weighted by molar-refractivity contribution is 7.19. The molecule has 0 aliphatic rings. The molecule has 0 radical (unpaired) electrons. The van der Waals surface area contributed by atoms with Crippen molar-refractivity contribution in [1.29, 1.82) is 0 Å². The van der Waals surface area contributed by atoms with Crippen molar-refractivity contribution in [2.45, 2.75) is 12.5 Å². The first-order chi connectivity index (χ1) is 10.2. The minimum absolute atomic E-state index is 0.127. The molecule has 21 heavy (non-hydrogen) atoms. The SMILES string of the molecule is CNC(Cc1cc(F)ccc1Cl)c1cc2ccccc2s1. The molecule has 1 atom stereocenters. The first-order valence-electron chi connectivity index (χ1n) is 6.77. The number of nitrogens with one attached hydrogen (secondary N) is 1. The molecule has 2 aromatic carbocycles. The van der Waals surface area contributed by atoms with E-state index in [-0.39, 0.29) is 11.9 Å². The molecule has 0 aliphatic heterocycles. The van der Waals surface area contributed by atoms with Gasteiger partial charge in [-0.1, -0.05) is 29.8 Å². The molecule has 1 nitrogen and oxygen atoms in total. The van der Waals surface area contributed by atoms with E-state index in [1.54, 1.807) is 17.4 Å². The van der Waals surface area contributed by atoms with Crippen molar-refractivity contribution in [3.8, 4) is 0 Å². The molecular weight excluding hydrogens is 305 g/mol. The third kappa shape index (κ3) is 3.10.